The Morgan fingerprint density at radius 1 is 1.12 bits per heavy atom. The van der Waals surface area contributed by atoms with E-state index in [9.17, 15) is 4.79 Å². The van der Waals surface area contributed by atoms with E-state index >= 15 is 0 Å². The van der Waals surface area contributed by atoms with Gasteiger partial charge in [0.15, 0.2) is 0 Å². The molecule has 3 nitrogen and oxygen atoms in total. The number of rotatable bonds is 2. The number of hydrogen-bond acceptors (Lipinski definition) is 2. The number of nitrogens with zero attached hydrogens (tertiary/aromatic N) is 1. The van der Waals surface area contributed by atoms with Crippen molar-refractivity contribution in [3.63, 3.8) is 0 Å². The third-order valence-corrected chi connectivity index (χ3v) is 6.06. The Morgan fingerprint density at radius 2 is 1.62 bits per heavy atom. The molecule has 0 aliphatic carbocycles. The fourth-order valence-corrected chi connectivity index (χ4v) is 3.34. The molecular formula is C12H19AsNO2+. The summed E-state index contributed by atoms with van der Waals surface area (Å²) in [5, 5.41) is 0. The number of benzene rings is 1. The van der Waals surface area contributed by atoms with Gasteiger partial charge in [-0.1, -0.05) is 0 Å². The van der Waals surface area contributed by atoms with Crippen molar-refractivity contribution in [1.29, 1.82) is 0 Å². The van der Waals surface area contributed by atoms with Gasteiger partial charge in [-0.05, 0) is 0 Å². The molecule has 0 fully saturated rings. The SMILES string of the molecule is CN(C)C(=O)Oc1ccc([As+](C)(C)C)cc1. The molecule has 0 heterocycles. The number of ether oxygens (including phenoxy) is 1. The molecule has 0 bridgehead atoms. The molecule has 1 aromatic rings. The minimum absolute atomic E-state index is 0.344. The summed E-state index contributed by atoms with van der Waals surface area (Å²) in [6, 6.07) is 7.85. The summed E-state index contributed by atoms with van der Waals surface area (Å²) >= 11 is -1.60. The molecule has 0 radical (unpaired) electrons. The fourth-order valence-electron chi connectivity index (χ4n) is 1.15. The number of carbonyl (C=O) groups is 1. The van der Waals surface area contributed by atoms with E-state index in [-0.39, 0.29) is 6.09 Å². The molecule has 0 atom stereocenters. The summed E-state index contributed by atoms with van der Waals surface area (Å²) in [5.41, 5.74) is 6.96. The maximum absolute atomic E-state index is 11.3. The first-order valence-electron chi connectivity index (χ1n) is 5.12. The van der Waals surface area contributed by atoms with Gasteiger partial charge < -0.3 is 0 Å². The zero-order valence-corrected chi connectivity index (χ0v) is 12.4. The van der Waals surface area contributed by atoms with Crippen molar-refractivity contribution in [3.8, 4) is 5.75 Å². The Morgan fingerprint density at radius 3 is 2.00 bits per heavy atom. The van der Waals surface area contributed by atoms with Crippen LogP contribution in [0.1, 0.15) is 0 Å². The van der Waals surface area contributed by atoms with Crippen molar-refractivity contribution in [2.75, 3.05) is 14.1 Å². The predicted octanol–water partition coefficient (Wildman–Crippen LogP) is 2.29. The van der Waals surface area contributed by atoms with E-state index < -0.39 is 13.6 Å². The van der Waals surface area contributed by atoms with Crippen LogP contribution in [0, 0.1) is 0 Å². The predicted molar refractivity (Wildman–Crippen MR) is 69.1 cm³/mol. The van der Waals surface area contributed by atoms with Crippen LogP contribution < -0.4 is 9.09 Å². The van der Waals surface area contributed by atoms with Gasteiger partial charge in [-0.2, -0.15) is 0 Å². The van der Waals surface area contributed by atoms with E-state index in [1.807, 2.05) is 12.1 Å². The second kappa shape index (κ2) is 4.92. The van der Waals surface area contributed by atoms with Crippen LogP contribution in [-0.2, 0) is 0 Å². The Labute approximate surface area is 99.8 Å². The molecular weight excluding hydrogens is 265 g/mol. The third kappa shape index (κ3) is 3.57. The van der Waals surface area contributed by atoms with E-state index in [0.717, 1.165) is 0 Å². The molecule has 1 amide bonds. The molecule has 1 aromatic carbocycles. The molecule has 4 heteroatoms. The van der Waals surface area contributed by atoms with E-state index in [2.05, 4.69) is 29.3 Å². The Balaban J connectivity index is 2.76. The minimum atomic E-state index is -1.60. The van der Waals surface area contributed by atoms with Gasteiger partial charge in [-0.25, -0.2) is 0 Å². The summed E-state index contributed by atoms with van der Waals surface area (Å²) in [4.78, 5) is 12.7. The number of amides is 1. The quantitative estimate of drug-likeness (QED) is 0.780. The van der Waals surface area contributed by atoms with Gasteiger partial charge in [0.2, 0.25) is 0 Å². The van der Waals surface area contributed by atoms with Crippen LogP contribution in [0.15, 0.2) is 24.3 Å². The second-order valence-electron chi connectivity index (χ2n) is 4.77. The summed E-state index contributed by atoms with van der Waals surface area (Å²) in [5.74, 6) is 0.603. The molecule has 0 spiro atoms. The standard InChI is InChI=1S/C12H19AsNO2/c1-13(2,3)10-6-8-11(9-7-10)16-12(15)14(4)5/h6-9H,1-5H3/q+1. The molecule has 88 valence electrons. The molecule has 0 saturated heterocycles. The van der Waals surface area contributed by atoms with Crippen LogP contribution in [0.5, 0.6) is 5.75 Å². The van der Waals surface area contributed by atoms with E-state index in [1.54, 1.807) is 14.1 Å². The van der Waals surface area contributed by atoms with Gasteiger partial charge in [0.1, 0.15) is 0 Å². The molecule has 16 heavy (non-hydrogen) atoms. The van der Waals surface area contributed by atoms with Crippen molar-refractivity contribution in [1.82, 2.24) is 4.90 Å². The van der Waals surface area contributed by atoms with Gasteiger partial charge in [0, 0.05) is 0 Å². The zero-order chi connectivity index (χ0) is 12.3. The molecule has 0 aliphatic rings. The van der Waals surface area contributed by atoms with Crippen molar-refractivity contribution in [3.05, 3.63) is 24.3 Å². The zero-order valence-electron chi connectivity index (χ0n) is 10.5. The van der Waals surface area contributed by atoms with Gasteiger partial charge in [0.05, 0.1) is 0 Å². The average molecular weight is 284 g/mol. The topological polar surface area (TPSA) is 29.5 Å². The summed E-state index contributed by atoms with van der Waals surface area (Å²) in [6.45, 7) is 0. The maximum atomic E-state index is 11.3. The molecule has 1 rings (SSSR count). The van der Waals surface area contributed by atoms with Crippen molar-refractivity contribution in [2.24, 2.45) is 0 Å². The first kappa shape index (κ1) is 13.1. The summed E-state index contributed by atoms with van der Waals surface area (Å²) in [7, 11) is 3.33. The van der Waals surface area contributed by atoms with Gasteiger partial charge >= 0.3 is 99.7 Å². The number of carbonyl (C=O) groups excluding carboxylic acids is 1. The van der Waals surface area contributed by atoms with Crippen LogP contribution in [-0.4, -0.2) is 38.6 Å². The summed E-state index contributed by atoms with van der Waals surface area (Å²) in [6.07, 6.45) is -0.344. The molecule has 0 saturated carbocycles. The van der Waals surface area contributed by atoms with Gasteiger partial charge in [-0.3, -0.25) is 0 Å². The Kier molecular flexibility index (Phi) is 4.03. The van der Waals surface area contributed by atoms with Crippen molar-refractivity contribution in [2.45, 2.75) is 17.1 Å². The van der Waals surface area contributed by atoms with E-state index in [0.29, 0.717) is 5.75 Å². The van der Waals surface area contributed by atoms with Gasteiger partial charge in [0.25, 0.3) is 0 Å². The normalized spacial score (nSPS) is 11.1. The van der Waals surface area contributed by atoms with Gasteiger partial charge in [-0.15, -0.1) is 0 Å². The Hall–Kier alpha value is -0.952. The molecule has 0 aromatic heterocycles. The van der Waals surface area contributed by atoms with Crippen LogP contribution in [0.25, 0.3) is 0 Å². The van der Waals surface area contributed by atoms with Crippen LogP contribution in [0.4, 0.5) is 4.79 Å². The summed E-state index contributed by atoms with van der Waals surface area (Å²) < 4.78 is 6.54. The van der Waals surface area contributed by atoms with Crippen molar-refractivity contribution >= 4 is 24.0 Å². The number of hydrogen-bond donors (Lipinski definition) is 0. The molecule has 0 unspecified atom stereocenters. The second-order valence-corrected chi connectivity index (χ2v) is 14.3. The average Bonchev–Trinajstić information content (AvgIpc) is 2.17. The Bertz CT molecular complexity index is 366. The monoisotopic (exact) mass is 284 g/mol. The van der Waals surface area contributed by atoms with Crippen molar-refractivity contribution < 1.29 is 9.53 Å². The van der Waals surface area contributed by atoms with Crippen LogP contribution in [0.3, 0.4) is 0 Å². The first-order valence-corrected chi connectivity index (χ1v) is 11.7. The fraction of sp³-hybridized carbons (Fsp3) is 0.417. The van der Waals surface area contributed by atoms with E-state index in [4.69, 9.17) is 4.74 Å². The molecule has 0 aliphatic heterocycles. The molecule has 0 N–H and O–H groups in total. The van der Waals surface area contributed by atoms with Crippen LogP contribution >= 0.6 is 0 Å². The van der Waals surface area contributed by atoms with Crippen LogP contribution in [0.2, 0.25) is 17.1 Å². The third-order valence-electron chi connectivity index (χ3n) is 2.18. The van der Waals surface area contributed by atoms with E-state index in [1.165, 1.54) is 9.25 Å². The first-order chi connectivity index (χ1) is 7.30.